The number of fused-ring (bicyclic) bond motifs is 1. The van der Waals surface area contributed by atoms with Gasteiger partial charge in [0.2, 0.25) is 0 Å². The number of hydrogen-bond donors (Lipinski definition) is 1. The largest absolute Gasteiger partial charge is 0.480 e. The Morgan fingerprint density at radius 1 is 1.37 bits per heavy atom. The minimum absolute atomic E-state index is 0.0416. The van der Waals surface area contributed by atoms with Gasteiger partial charge >= 0.3 is 5.97 Å². The second kappa shape index (κ2) is 7.98. The summed E-state index contributed by atoms with van der Waals surface area (Å²) in [6, 6.07) is 2.20. The molecule has 1 amide bonds. The van der Waals surface area contributed by atoms with Crippen molar-refractivity contribution in [3.05, 3.63) is 16.6 Å². The SMILES string of the molecule is CC(C)c1nn(C)c2sc(C(=O)N3CCCC(N(C)CC(=O)O)CC3)cc12. The summed E-state index contributed by atoms with van der Waals surface area (Å²) in [4.78, 5) is 29.6. The monoisotopic (exact) mass is 392 g/mol. The molecule has 1 unspecified atom stereocenters. The third-order valence-corrected chi connectivity index (χ3v) is 6.48. The van der Waals surface area contributed by atoms with Crippen LogP contribution in [0.25, 0.3) is 10.2 Å². The molecule has 27 heavy (non-hydrogen) atoms. The molecule has 1 atom stereocenters. The highest BCUT2D eigenvalue weighted by Crippen LogP contribution is 2.32. The molecule has 0 bridgehead atoms. The van der Waals surface area contributed by atoms with Gasteiger partial charge in [-0.15, -0.1) is 11.3 Å². The molecule has 2 aromatic rings. The lowest BCUT2D eigenvalue weighted by atomic mass is 10.1. The van der Waals surface area contributed by atoms with Gasteiger partial charge in [0.25, 0.3) is 5.91 Å². The number of carbonyl (C=O) groups excluding carboxylic acids is 1. The molecule has 1 saturated heterocycles. The first-order chi connectivity index (χ1) is 12.8. The van der Waals surface area contributed by atoms with Crippen molar-refractivity contribution in [3.63, 3.8) is 0 Å². The van der Waals surface area contributed by atoms with Crippen molar-refractivity contribution in [2.24, 2.45) is 7.05 Å². The number of carboxylic acids is 1. The fourth-order valence-corrected chi connectivity index (χ4v) is 4.87. The molecule has 0 spiro atoms. The van der Waals surface area contributed by atoms with Gasteiger partial charge in [-0.05, 0) is 38.3 Å². The summed E-state index contributed by atoms with van der Waals surface area (Å²) >= 11 is 1.51. The smallest absolute Gasteiger partial charge is 0.317 e. The summed E-state index contributed by atoms with van der Waals surface area (Å²) in [5, 5.41) is 14.7. The van der Waals surface area contributed by atoms with E-state index in [0.29, 0.717) is 12.5 Å². The molecule has 7 nitrogen and oxygen atoms in total. The van der Waals surface area contributed by atoms with Crippen molar-refractivity contribution < 1.29 is 14.7 Å². The number of hydrogen-bond acceptors (Lipinski definition) is 5. The van der Waals surface area contributed by atoms with E-state index in [0.717, 1.165) is 46.6 Å². The summed E-state index contributed by atoms with van der Waals surface area (Å²) in [5.74, 6) is -0.420. The van der Waals surface area contributed by atoms with E-state index >= 15 is 0 Å². The molecule has 1 aliphatic heterocycles. The van der Waals surface area contributed by atoms with Crippen LogP contribution in [0.5, 0.6) is 0 Å². The van der Waals surface area contributed by atoms with E-state index < -0.39 is 5.97 Å². The van der Waals surface area contributed by atoms with E-state index in [4.69, 9.17) is 5.11 Å². The molecule has 3 heterocycles. The van der Waals surface area contributed by atoms with Crippen LogP contribution in [-0.4, -0.2) is 69.3 Å². The van der Waals surface area contributed by atoms with Crippen molar-refractivity contribution in [1.82, 2.24) is 19.6 Å². The van der Waals surface area contributed by atoms with Gasteiger partial charge in [0.05, 0.1) is 17.1 Å². The van der Waals surface area contributed by atoms with Gasteiger partial charge in [0, 0.05) is 31.6 Å². The Hall–Kier alpha value is -1.93. The van der Waals surface area contributed by atoms with Crippen molar-refractivity contribution in [3.8, 4) is 0 Å². The summed E-state index contributed by atoms with van der Waals surface area (Å²) in [7, 11) is 3.77. The number of rotatable bonds is 5. The van der Waals surface area contributed by atoms with Crippen LogP contribution in [0.2, 0.25) is 0 Å². The number of likely N-dealkylation sites (N-methyl/N-ethyl adjacent to an activating group) is 1. The zero-order valence-corrected chi connectivity index (χ0v) is 17.3. The summed E-state index contributed by atoms with van der Waals surface area (Å²) in [6.07, 6.45) is 2.62. The van der Waals surface area contributed by atoms with Crippen LogP contribution < -0.4 is 0 Å². The van der Waals surface area contributed by atoms with E-state index in [9.17, 15) is 9.59 Å². The highest BCUT2D eigenvalue weighted by Gasteiger charge is 2.26. The van der Waals surface area contributed by atoms with E-state index in [1.807, 2.05) is 34.6 Å². The first kappa shape index (κ1) is 19.8. The third kappa shape index (κ3) is 4.16. The molecule has 0 radical (unpaired) electrons. The van der Waals surface area contributed by atoms with Gasteiger partial charge < -0.3 is 10.0 Å². The van der Waals surface area contributed by atoms with Gasteiger partial charge in [0.15, 0.2) is 0 Å². The number of aliphatic carboxylic acids is 1. The highest BCUT2D eigenvalue weighted by atomic mass is 32.1. The number of aryl methyl sites for hydroxylation is 1. The number of likely N-dealkylation sites (tertiary alicyclic amines) is 1. The van der Waals surface area contributed by atoms with Crippen LogP contribution >= 0.6 is 11.3 Å². The lowest BCUT2D eigenvalue weighted by Gasteiger charge is -2.25. The van der Waals surface area contributed by atoms with E-state index in [1.165, 1.54) is 11.3 Å². The fraction of sp³-hybridized carbons (Fsp3) is 0.632. The topological polar surface area (TPSA) is 78.7 Å². The Bertz CT molecular complexity index is 841. The standard InChI is InChI=1S/C19H28N4O3S/c1-12(2)17-14-10-15(27-19(14)22(4)20-17)18(26)23-8-5-6-13(7-9-23)21(3)11-16(24)25/h10,12-13H,5-9,11H2,1-4H3,(H,24,25). The molecular formula is C19H28N4O3S. The lowest BCUT2D eigenvalue weighted by Crippen LogP contribution is -2.37. The van der Waals surface area contributed by atoms with E-state index in [-0.39, 0.29) is 18.5 Å². The van der Waals surface area contributed by atoms with Crippen LogP contribution in [0.3, 0.4) is 0 Å². The molecule has 1 aliphatic rings. The molecular weight excluding hydrogens is 364 g/mol. The lowest BCUT2D eigenvalue weighted by molar-refractivity contribution is -0.138. The molecule has 8 heteroatoms. The number of amides is 1. The summed E-state index contributed by atoms with van der Waals surface area (Å²) in [5.41, 5.74) is 1.04. The van der Waals surface area contributed by atoms with Crippen LogP contribution in [0, 0.1) is 0 Å². The Kier molecular flexibility index (Phi) is 5.86. The minimum atomic E-state index is -0.811. The summed E-state index contributed by atoms with van der Waals surface area (Å²) < 4.78 is 1.87. The summed E-state index contributed by atoms with van der Waals surface area (Å²) in [6.45, 7) is 5.66. The van der Waals surface area contributed by atoms with Gasteiger partial charge in [-0.2, -0.15) is 5.10 Å². The maximum atomic E-state index is 13.1. The van der Waals surface area contributed by atoms with Gasteiger partial charge in [-0.25, -0.2) is 0 Å². The van der Waals surface area contributed by atoms with Crippen molar-refractivity contribution in [1.29, 1.82) is 0 Å². The van der Waals surface area contributed by atoms with Gasteiger partial charge in [-0.3, -0.25) is 19.2 Å². The number of nitrogens with zero attached hydrogens (tertiary/aromatic N) is 4. The molecule has 1 N–H and O–H groups in total. The first-order valence-corrected chi connectivity index (χ1v) is 10.3. The zero-order valence-electron chi connectivity index (χ0n) is 16.4. The van der Waals surface area contributed by atoms with Crippen molar-refractivity contribution >= 4 is 33.4 Å². The predicted octanol–water partition coefficient (Wildman–Crippen LogP) is 2.77. The predicted molar refractivity (Wildman–Crippen MR) is 106 cm³/mol. The quantitative estimate of drug-likeness (QED) is 0.846. The molecule has 3 rings (SSSR count). The highest BCUT2D eigenvalue weighted by molar-refractivity contribution is 7.20. The number of thiophene rings is 1. The normalized spacial score (nSPS) is 18.4. The number of carbonyl (C=O) groups is 2. The minimum Gasteiger partial charge on any atom is -0.480 e. The van der Waals surface area contributed by atoms with Crippen LogP contribution in [0.1, 0.15) is 54.4 Å². The Morgan fingerprint density at radius 2 is 2.11 bits per heavy atom. The van der Waals surface area contributed by atoms with E-state index in [1.54, 1.807) is 0 Å². The second-order valence-corrected chi connectivity index (χ2v) is 8.71. The Labute approximate surface area is 163 Å². The Morgan fingerprint density at radius 3 is 2.78 bits per heavy atom. The van der Waals surface area contributed by atoms with Gasteiger partial charge in [0.1, 0.15) is 4.83 Å². The van der Waals surface area contributed by atoms with Crippen LogP contribution in [-0.2, 0) is 11.8 Å². The first-order valence-electron chi connectivity index (χ1n) is 9.45. The average Bonchev–Trinajstić information content (AvgIpc) is 3.04. The Balaban J connectivity index is 1.73. The molecule has 1 fully saturated rings. The van der Waals surface area contributed by atoms with E-state index in [2.05, 4.69) is 18.9 Å². The maximum absolute atomic E-state index is 13.1. The maximum Gasteiger partial charge on any atom is 0.317 e. The van der Waals surface area contributed by atoms with Gasteiger partial charge in [-0.1, -0.05) is 13.8 Å². The average molecular weight is 393 g/mol. The second-order valence-electron chi connectivity index (χ2n) is 7.68. The zero-order chi connectivity index (χ0) is 19.7. The number of carboxylic acid groups (broad SMARTS) is 1. The molecule has 2 aromatic heterocycles. The fourth-order valence-electron chi connectivity index (χ4n) is 3.82. The molecule has 0 aliphatic carbocycles. The number of aromatic nitrogens is 2. The molecule has 148 valence electrons. The molecule has 0 saturated carbocycles. The van der Waals surface area contributed by atoms with Crippen LogP contribution in [0.15, 0.2) is 6.07 Å². The van der Waals surface area contributed by atoms with Crippen molar-refractivity contribution in [2.45, 2.75) is 45.1 Å². The van der Waals surface area contributed by atoms with Crippen molar-refractivity contribution in [2.75, 3.05) is 26.7 Å². The molecule has 0 aromatic carbocycles. The third-order valence-electron chi connectivity index (χ3n) is 5.29. The van der Waals surface area contributed by atoms with Crippen LogP contribution in [0.4, 0.5) is 0 Å².